The molecule has 9 rings (SSSR count). The van der Waals surface area contributed by atoms with Gasteiger partial charge in [0.15, 0.2) is 5.82 Å². The lowest BCUT2D eigenvalue weighted by atomic mass is 9.89. The average molecular weight is 682 g/mol. The van der Waals surface area contributed by atoms with Crippen molar-refractivity contribution in [3.8, 4) is 17.1 Å². The molecule has 2 unspecified atom stereocenters. The predicted octanol–water partition coefficient (Wildman–Crippen LogP) is 5.28. The smallest absolute Gasteiger partial charge is 0.319 e. The topological polar surface area (TPSA) is 123 Å². The van der Waals surface area contributed by atoms with Gasteiger partial charge in [-0.15, -0.1) is 0 Å². The van der Waals surface area contributed by atoms with Gasteiger partial charge in [-0.1, -0.05) is 17.7 Å². The van der Waals surface area contributed by atoms with Crippen LogP contribution in [-0.2, 0) is 6.42 Å². The fourth-order valence-electron chi connectivity index (χ4n) is 8.64. The minimum Gasteiger partial charge on any atom is -0.461 e. The van der Waals surface area contributed by atoms with Gasteiger partial charge >= 0.3 is 6.01 Å². The van der Waals surface area contributed by atoms with E-state index in [2.05, 4.69) is 25.4 Å². The summed E-state index contributed by atoms with van der Waals surface area (Å²) in [5.41, 5.74) is 1.17. The molecule has 0 saturated carbocycles. The van der Waals surface area contributed by atoms with Crippen molar-refractivity contribution in [3.63, 3.8) is 0 Å². The monoisotopic (exact) mass is 681 g/mol. The van der Waals surface area contributed by atoms with Crippen LogP contribution in [0.15, 0.2) is 24.4 Å². The van der Waals surface area contributed by atoms with E-state index >= 15 is 4.39 Å². The average Bonchev–Trinajstić information content (AvgIpc) is 3.76. The highest BCUT2D eigenvalue weighted by Gasteiger charge is 2.49. The molecule has 4 aromatic rings. The number of hydrogen-bond acceptors (Lipinski definition) is 9. The van der Waals surface area contributed by atoms with Gasteiger partial charge in [0.2, 0.25) is 0 Å². The molecule has 6 bridgehead atoms. The molecule has 4 N–H and O–H groups in total. The summed E-state index contributed by atoms with van der Waals surface area (Å²) in [4.78, 5) is 13.7. The first-order chi connectivity index (χ1) is 23.2. The Morgan fingerprint density at radius 2 is 1.96 bits per heavy atom. The maximum absolute atomic E-state index is 17.2. The minimum absolute atomic E-state index is 0.0326. The zero-order chi connectivity index (χ0) is 33.0. The molecule has 0 radical (unpaired) electrons. The molecule has 5 aliphatic rings. The quantitative estimate of drug-likeness (QED) is 0.229. The molecule has 10 nitrogen and oxygen atoms in total. The molecule has 3 fully saturated rings. The number of nitrogens with zero attached hydrogens (tertiary/aromatic N) is 5. The van der Waals surface area contributed by atoms with E-state index in [4.69, 9.17) is 21.3 Å². The number of benzene rings is 2. The van der Waals surface area contributed by atoms with E-state index in [0.717, 1.165) is 43.2 Å². The molecule has 0 aliphatic carbocycles. The van der Waals surface area contributed by atoms with Crippen molar-refractivity contribution in [1.29, 1.82) is 0 Å². The number of aliphatic hydroxyl groups is 2. The highest BCUT2D eigenvalue weighted by atomic mass is 35.5. The van der Waals surface area contributed by atoms with Crippen LogP contribution in [0.1, 0.15) is 63.4 Å². The number of halogens is 3. The molecule has 2 aromatic heterocycles. The Bertz CT molecular complexity index is 1840. The number of alkyl halides is 1. The summed E-state index contributed by atoms with van der Waals surface area (Å²) in [6, 6.07) is 5.46. The van der Waals surface area contributed by atoms with Crippen molar-refractivity contribution in [2.75, 3.05) is 44.2 Å². The van der Waals surface area contributed by atoms with Crippen LogP contribution in [0.25, 0.3) is 32.9 Å². The molecule has 5 aliphatic heterocycles. The van der Waals surface area contributed by atoms with E-state index in [1.54, 1.807) is 12.3 Å². The minimum atomic E-state index is -1.03. The second-order valence-electron chi connectivity index (χ2n) is 14.3. The van der Waals surface area contributed by atoms with Gasteiger partial charge in [-0.3, -0.25) is 15.3 Å². The van der Waals surface area contributed by atoms with Crippen LogP contribution in [0.3, 0.4) is 0 Å². The first-order valence-electron chi connectivity index (χ1n) is 17.3. The molecular formula is C35H42ClF2N7O3. The van der Waals surface area contributed by atoms with E-state index in [0.29, 0.717) is 91.0 Å². The van der Waals surface area contributed by atoms with Crippen LogP contribution < -0.4 is 15.0 Å². The van der Waals surface area contributed by atoms with Crippen molar-refractivity contribution in [2.45, 2.75) is 87.7 Å². The standard InChI is InChI=1S/C35H42ClF2N7O3/c36-26-15-27-25(17-40-43-27)29-22(26)5-1-2-6-28(46)39-12-11-35(47)10-4-13-44(19-35)32-24-8-7-23(29)30(38)31(24)41-33(42-32)48-20-34-9-3-14-45(34)18-21(37)16-34/h7-8,15,17,21,28,39,46-47H,1-6,9-14,16,18-20H2,(H,40,43)/t21-,28?,34+,35?/m1/s1. The Morgan fingerprint density at radius 3 is 2.85 bits per heavy atom. The second-order valence-corrected chi connectivity index (χ2v) is 14.7. The van der Waals surface area contributed by atoms with E-state index in [1.807, 2.05) is 17.0 Å². The Hall–Kier alpha value is -3.16. The number of aromatic nitrogens is 4. The van der Waals surface area contributed by atoms with Gasteiger partial charge in [-0.2, -0.15) is 15.1 Å². The second kappa shape index (κ2) is 12.6. The summed E-state index contributed by atoms with van der Waals surface area (Å²) in [6.07, 6.45) is 6.60. The highest BCUT2D eigenvalue weighted by Crippen LogP contribution is 2.43. The maximum atomic E-state index is 17.2. The predicted molar refractivity (Wildman–Crippen MR) is 181 cm³/mol. The Labute approximate surface area is 282 Å². The molecule has 48 heavy (non-hydrogen) atoms. The summed E-state index contributed by atoms with van der Waals surface area (Å²) < 4.78 is 38.0. The first-order valence-corrected chi connectivity index (χ1v) is 17.7. The van der Waals surface area contributed by atoms with Gasteiger partial charge in [0.25, 0.3) is 0 Å². The van der Waals surface area contributed by atoms with E-state index in [9.17, 15) is 14.6 Å². The summed E-state index contributed by atoms with van der Waals surface area (Å²) in [5.74, 6) is -0.0339. The van der Waals surface area contributed by atoms with Gasteiger partial charge in [-0.05, 0) is 82.0 Å². The SMILES string of the molecule is OC1CCCCc2c(Cl)cc3[nH]ncc3c2-c2ccc3c(nc(OC[C@@]45CCCN4C[C@H](F)C5)nc3c2F)N2CCCC(O)(CCN1)C2. The van der Waals surface area contributed by atoms with Crippen LogP contribution in [0.4, 0.5) is 14.6 Å². The number of hydrogen-bond donors (Lipinski definition) is 4. The number of fused-ring (bicyclic) bond motifs is 10. The first kappa shape index (κ1) is 32.1. The molecule has 0 amide bonds. The number of nitrogens with one attached hydrogen (secondary N) is 2. The third-order valence-corrected chi connectivity index (χ3v) is 11.4. The summed E-state index contributed by atoms with van der Waals surface area (Å²) in [6.45, 7) is 2.79. The number of aromatic amines is 1. The number of piperidine rings is 1. The molecule has 3 saturated heterocycles. The van der Waals surface area contributed by atoms with Crippen LogP contribution in [0.2, 0.25) is 5.02 Å². The van der Waals surface area contributed by atoms with Crippen LogP contribution in [0, 0.1) is 5.82 Å². The van der Waals surface area contributed by atoms with Crippen LogP contribution >= 0.6 is 11.6 Å². The Kier molecular flexibility index (Phi) is 8.43. The van der Waals surface area contributed by atoms with Crippen molar-refractivity contribution in [2.24, 2.45) is 0 Å². The molecule has 0 spiro atoms. The van der Waals surface area contributed by atoms with Crippen molar-refractivity contribution in [3.05, 3.63) is 40.8 Å². The Balaban J connectivity index is 1.28. The molecule has 7 heterocycles. The molecular weight excluding hydrogens is 640 g/mol. The highest BCUT2D eigenvalue weighted by molar-refractivity contribution is 6.33. The Morgan fingerprint density at radius 1 is 1.08 bits per heavy atom. The lowest BCUT2D eigenvalue weighted by molar-refractivity contribution is 0.0130. The number of rotatable bonds is 3. The lowest BCUT2D eigenvalue weighted by Crippen LogP contribution is -2.50. The molecule has 256 valence electrons. The third-order valence-electron chi connectivity index (χ3n) is 11.0. The number of ether oxygens (including phenoxy) is 1. The number of aliphatic hydroxyl groups excluding tert-OH is 1. The van der Waals surface area contributed by atoms with Gasteiger partial charge < -0.3 is 19.8 Å². The maximum Gasteiger partial charge on any atom is 0.319 e. The van der Waals surface area contributed by atoms with E-state index in [-0.39, 0.29) is 24.7 Å². The van der Waals surface area contributed by atoms with Gasteiger partial charge in [0, 0.05) is 59.5 Å². The summed E-state index contributed by atoms with van der Waals surface area (Å²) in [7, 11) is 0. The van der Waals surface area contributed by atoms with E-state index < -0.39 is 29.4 Å². The van der Waals surface area contributed by atoms with Gasteiger partial charge in [-0.25, -0.2) is 8.78 Å². The van der Waals surface area contributed by atoms with E-state index in [1.165, 1.54) is 0 Å². The van der Waals surface area contributed by atoms with Crippen LogP contribution in [0.5, 0.6) is 6.01 Å². The van der Waals surface area contributed by atoms with Gasteiger partial charge in [0.05, 0.1) is 22.9 Å². The van der Waals surface area contributed by atoms with Crippen LogP contribution in [-0.4, -0.2) is 98.1 Å². The lowest BCUT2D eigenvalue weighted by Gasteiger charge is -2.40. The fraction of sp³-hybridized carbons (Fsp3) is 0.571. The molecule has 4 atom stereocenters. The van der Waals surface area contributed by atoms with Crippen molar-refractivity contribution >= 4 is 39.2 Å². The fourth-order valence-corrected chi connectivity index (χ4v) is 8.93. The largest absolute Gasteiger partial charge is 0.461 e. The zero-order valence-electron chi connectivity index (χ0n) is 27.0. The summed E-state index contributed by atoms with van der Waals surface area (Å²) in [5, 5.41) is 34.5. The normalized spacial score (nSPS) is 28.6. The molecule has 13 heteroatoms. The third kappa shape index (κ3) is 5.79. The van der Waals surface area contributed by atoms with Crippen molar-refractivity contribution < 1.29 is 23.7 Å². The molecule has 2 aromatic carbocycles. The van der Waals surface area contributed by atoms with Crippen molar-refractivity contribution in [1.82, 2.24) is 30.4 Å². The zero-order valence-corrected chi connectivity index (χ0v) is 27.7. The summed E-state index contributed by atoms with van der Waals surface area (Å²) >= 11 is 6.87. The number of H-pyrrole nitrogens is 1. The van der Waals surface area contributed by atoms with Gasteiger partial charge in [0.1, 0.15) is 30.3 Å². The number of anilines is 1.